The van der Waals surface area contributed by atoms with Gasteiger partial charge in [0, 0.05) is 37.1 Å². The van der Waals surface area contributed by atoms with Crippen molar-refractivity contribution < 1.29 is 13.9 Å². The van der Waals surface area contributed by atoms with E-state index in [1.54, 1.807) is 11.0 Å². The van der Waals surface area contributed by atoms with Crippen LogP contribution in [-0.4, -0.2) is 44.1 Å². The van der Waals surface area contributed by atoms with Gasteiger partial charge in [-0.1, -0.05) is 15.9 Å². The van der Waals surface area contributed by atoms with Crippen LogP contribution in [0.25, 0.3) is 0 Å². The van der Waals surface area contributed by atoms with E-state index in [0.717, 1.165) is 5.33 Å². The molecule has 2 heterocycles. The Balaban J connectivity index is 1.79. The van der Waals surface area contributed by atoms with Crippen molar-refractivity contribution in [1.29, 1.82) is 0 Å². The number of hydrogen-bond acceptors (Lipinski definition) is 3. The summed E-state index contributed by atoms with van der Waals surface area (Å²) in [6.07, 6.45) is 0.526. The van der Waals surface area contributed by atoms with Gasteiger partial charge in [-0.3, -0.25) is 4.79 Å². The summed E-state index contributed by atoms with van der Waals surface area (Å²) in [4.78, 5) is 15.7. The first-order valence-electron chi connectivity index (χ1n) is 7.17. The second-order valence-corrected chi connectivity index (χ2v) is 6.11. The van der Waals surface area contributed by atoms with E-state index < -0.39 is 0 Å². The van der Waals surface area contributed by atoms with Gasteiger partial charge in [0.2, 0.25) is 5.91 Å². The van der Waals surface area contributed by atoms with Gasteiger partial charge in [-0.2, -0.15) is 0 Å². The molecule has 2 aliphatic heterocycles. The maximum Gasteiger partial charge on any atom is 0.227 e. The second kappa shape index (κ2) is 6.32. The van der Waals surface area contributed by atoms with Crippen LogP contribution >= 0.6 is 15.9 Å². The molecule has 0 bridgehead atoms. The number of carbonyl (C=O) groups excluding carboxylic acids is 1. The molecular weight excluding hydrogens is 339 g/mol. The van der Waals surface area contributed by atoms with E-state index in [9.17, 15) is 9.18 Å². The minimum atomic E-state index is -0.274. The molecule has 1 aromatic rings. The molecule has 1 atom stereocenters. The van der Waals surface area contributed by atoms with Crippen molar-refractivity contribution in [2.24, 2.45) is 5.92 Å². The molecular formula is C15H18BrFN2O2. The fourth-order valence-corrected chi connectivity index (χ4v) is 3.29. The number of ether oxygens (including phenoxy) is 1. The molecule has 0 N–H and O–H groups in total. The van der Waals surface area contributed by atoms with Gasteiger partial charge in [-0.15, -0.1) is 0 Å². The molecule has 6 heteroatoms. The van der Waals surface area contributed by atoms with Crippen molar-refractivity contribution in [3.05, 3.63) is 24.0 Å². The van der Waals surface area contributed by atoms with Gasteiger partial charge >= 0.3 is 0 Å². The normalized spacial score (nSPS) is 23.0. The van der Waals surface area contributed by atoms with Gasteiger partial charge in [0.25, 0.3) is 0 Å². The molecule has 3 rings (SSSR count). The topological polar surface area (TPSA) is 32.8 Å². The van der Waals surface area contributed by atoms with Crippen molar-refractivity contribution in [2.75, 3.05) is 48.0 Å². The third-order valence-electron chi connectivity index (χ3n) is 4.02. The van der Waals surface area contributed by atoms with E-state index >= 15 is 0 Å². The highest BCUT2D eigenvalue weighted by atomic mass is 79.9. The molecule has 0 spiro atoms. The molecule has 114 valence electrons. The first-order chi connectivity index (χ1) is 10.2. The van der Waals surface area contributed by atoms with Gasteiger partial charge in [0.15, 0.2) is 0 Å². The van der Waals surface area contributed by atoms with E-state index in [4.69, 9.17) is 4.74 Å². The number of anilines is 2. The highest BCUT2D eigenvalue weighted by Gasteiger charge is 2.30. The number of halogens is 2. The standard InChI is InChI=1S/C15H18BrFN2O2/c16-9-11-7-15(20)19(10-11)12-1-2-14(13(17)8-12)18-3-5-21-6-4-18/h1-2,8,11H,3-7,9-10H2. The summed E-state index contributed by atoms with van der Waals surface area (Å²) in [5, 5.41) is 0.795. The van der Waals surface area contributed by atoms with Crippen LogP contribution in [0.3, 0.4) is 0 Å². The zero-order valence-corrected chi connectivity index (χ0v) is 13.3. The fourth-order valence-electron chi connectivity index (χ4n) is 2.86. The number of hydrogen-bond donors (Lipinski definition) is 0. The Morgan fingerprint density at radius 1 is 1.33 bits per heavy atom. The molecule has 2 fully saturated rings. The van der Waals surface area contributed by atoms with Crippen LogP contribution in [0.2, 0.25) is 0 Å². The van der Waals surface area contributed by atoms with Gasteiger partial charge < -0.3 is 14.5 Å². The van der Waals surface area contributed by atoms with Crippen LogP contribution in [0.15, 0.2) is 18.2 Å². The Labute approximate surface area is 132 Å². The predicted octanol–water partition coefficient (Wildman–Crippen LogP) is 2.41. The number of nitrogens with zero attached hydrogens (tertiary/aromatic N) is 2. The lowest BCUT2D eigenvalue weighted by Gasteiger charge is -2.29. The number of alkyl halides is 1. The van der Waals surface area contributed by atoms with Crippen molar-refractivity contribution in [3.8, 4) is 0 Å². The van der Waals surface area contributed by atoms with E-state index in [-0.39, 0.29) is 11.7 Å². The van der Waals surface area contributed by atoms with E-state index in [2.05, 4.69) is 15.9 Å². The maximum atomic E-state index is 14.4. The van der Waals surface area contributed by atoms with Crippen LogP contribution in [0, 0.1) is 11.7 Å². The third kappa shape index (κ3) is 3.06. The summed E-state index contributed by atoms with van der Waals surface area (Å²) < 4.78 is 19.6. The van der Waals surface area contributed by atoms with Crippen LogP contribution in [0.1, 0.15) is 6.42 Å². The number of benzene rings is 1. The van der Waals surface area contributed by atoms with Crippen molar-refractivity contribution >= 4 is 33.2 Å². The van der Waals surface area contributed by atoms with Crippen LogP contribution in [-0.2, 0) is 9.53 Å². The van der Waals surface area contributed by atoms with E-state index in [1.807, 2.05) is 11.0 Å². The lowest BCUT2D eigenvalue weighted by Crippen LogP contribution is -2.36. The molecule has 1 unspecified atom stereocenters. The molecule has 1 amide bonds. The first-order valence-corrected chi connectivity index (χ1v) is 8.30. The Morgan fingerprint density at radius 2 is 2.10 bits per heavy atom. The van der Waals surface area contributed by atoms with Crippen molar-refractivity contribution in [2.45, 2.75) is 6.42 Å². The van der Waals surface area contributed by atoms with E-state index in [0.29, 0.717) is 56.6 Å². The number of morpholine rings is 1. The molecule has 0 aliphatic carbocycles. The van der Waals surface area contributed by atoms with E-state index in [1.165, 1.54) is 6.07 Å². The van der Waals surface area contributed by atoms with Gasteiger partial charge in [0.1, 0.15) is 5.82 Å². The summed E-state index contributed by atoms with van der Waals surface area (Å²) in [5.74, 6) is 0.0990. The summed E-state index contributed by atoms with van der Waals surface area (Å²) in [6.45, 7) is 3.30. The molecule has 4 nitrogen and oxygen atoms in total. The van der Waals surface area contributed by atoms with Gasteiger partial charge in [-0.05, 0) is 24.1 Å². The highest BCUT2D eigenvalue weighted by molar-refractivity contribution is 9.09. The highest BCUT2D eigenvalue weighted by Crippen LogP contribution is 2.30. The molecule has 21 heavy (non-hydrogen) atoms. The SMILES string of the molecule is O=C1CC(CBr)CN1c1ccc(N2CCOCC2)c(F)c1. The summed E-state index contributed by atoms with van der Waals surface area (Å²) >= 11 is 3.41. The minimum Gasteiger partial charge on any atom is -0.378 e. The van der Waals surface area contributed by atoms with Gasteiger partial charge in [-0.25, -0.2) is 4.39 Å². The molecule has 1 aromatic carbocycles. The maximum absolute atomic E-state index is 14.4. The Kier molecular flexibility index (Phi) is 4.45. The summed E-state index contributed by atoms with van der Waals surface area (Å²) in [7, 11) is 0. The molecule has 0 radical (unpaired) electrons. The average Bonchev–Trinajstić information content (AvgIpc) is 2.89. The zero-order valence-electron chi connectivity index (χ0n) is 11.7. The number of amides is 1. The Hall–Kier alpha value is -1.14. The number of rotatable bonds is 3. The first kappa shape index (κ1) is 14.8. The Morgan fingerprint density at radius 3 is 2.71 bits per heavy atom. The van der Waals surface area contributed by atoms with Crippen LogP contribution in [0.4, 0.5) is 15.8 Å². The van der Waals surface area contributed by atoms with Crippen molar-refractivity contribution in [3.63, 3.8) is 0 Å². The Bertz CT molecular complexity index is 534. The summed E-state index contributed by atoms with van der Waals surface area (Å²) in [6, 6.07) is 5.08. The lowest BCUT2D eigenvalue weighted by atomic mass is 10.2. The van der Waals surface area contributed by atoms with Gasteiger partial charge in [0.05, 0.1) is 18.9 Å². The van der Waals surface area contributed by atoms with Crippen LogP contribution in [0.5, 0.6) is 0 Å². The molecule has 2 aliphatic rings. The molecule has 0 aromatic heterocycles. The monoisotopic (exact) mass is 356 g/mol. The molecule has 0 saturated carbocycles. The second-order valence-electron chi connectivity index (χ2n) is 5.46. The predicted molar refractivity (Wildman–Crippen MR) is 83.7 cm³/mol. The molecule has 2 saturated heterocycles. The average molecular weight is 357 g/mol. The third-order valence-corrected chi connectivity index (χ3v) is 4.93. The largest absolute Gasteiger partial charge is 0.378 e. The van der Waals surface area contributed by atoms with Crippen molar-refractivity contribution in [1.82, 2.24) is 0 Å². The summed E-state index contributed by atoms with van der Waals surface area (Å²) in [5.41, 5.74) is 1.24. The lowest BCUT2D eigenvalue weighted by molar-refractivity contribution is -0.117. The quantitative estimate of drug-likeness (QED) is 0.779. The fraction of sp³-hybridized carbons (Fsp3) is 0.533. The van der Waals surface area contributed by atoms with Crippen LogP contribution < -0.4 is 9.80 Å². The minimum absolute atomic E-state index is 0.0676. The smallest absolute Gasteiger partial charge is 0.227 e. The number of carbonyl (C=O) groups is 1. The zero-order chi connectivity index (χ0) is 14.8.